The summed E-state index contributed by atoms with van der Waals surface area (Å²) in [7, 11) is 0. The molecule has 0 fully saturated rings. The van der Waals surface area contributed by atoms with Gasteiger partial charge in [-0.1, -0.05) is 0 Å². The first kappa shape index (κ1) is 21.0. The van der Waals surface area contributed by atoms with E-state index >= 15 is 0 Å². The number of hydrogen-bond acceptors (Lipinski definition) is 6. The van der Waals surface area contributed by atoms with Crippen LogP contribution >= 0.6 is 0 Å². The summed E-state index contributed by atoms with van der Waals surface area (Å²) in [5.41, 5.74) is 14.7. The van der Waals surface area contributed by atoms with Crippen molar-refractivity contribution in [1.82, 2.24) is 4.57 Å². The SMILES string of the molecule is Nc1ccc2c(c1)c1cc(N)ccc1n2C(=O)CCOCCOCCOCCF. The molecule has 3 aromatic rings. The van der Waals surface area contributed by atoms with Crippen molar-refractivity contribution in [1.29, 1.82) is 0 Å². The molecule has 0 atom stereocenters. The van der Waals surface area contributed by atoms with Gasteiger partial charge in [-0.2, -0.15) is 0 Å². The molecule has 0 radical (unpaired) electrons. The molecule has 0 unspecified atom stereocenters. The summed E-state index contributed by atoms with van der Waals surface area (Å²) in [6.45, 7) is 1.37. The number of benzene rings is 2. The van der Waals surface area contributed by atoms with E-state index in [1.54, 1.807) is 16.7 Å². The van der Waals surface area contributed by atoms with Crippen LogP contribution in [-0.2, 0) is 14.2 Å². The van der Waals surface area contributed by atoms with Crippen LogP contribution in [0.4, 0.5) is 15.8 Å². The maximum absolute atomic E-state index is 12.9. The van der Waals surface area contributed by atoms with E-state index in [0.717, 1.165) is 21.8 Å². The third kappa shape index (κ3) is 5.23. The van der Waals surface area contributed by atoms with E-state index in [9.17, 15) is 9.18 Å². The Kier molecular flexibility index (Phi) is 7.40. The van der Waals surface area contributed by atoms with Crippen LogP contribution in [0.1, 0.15) is 11.2 Å². The molecule has 3 rings (SSSR count). The molecule has 29 heavy (non-hydrogen) atoms. The van der Waals surface area contributed by atoms with Crippen molar-refractivity contribution >= 4 is 39.1 Å². The fourth-order valence-electron chi connectivity index (χ4n) is 3.19. The van der Waals surface area contributed by atoms with Gasteiger partial charge >= 0.3 is 0 Å². The molecule has 1 aromatic heterocycles. The first-order chi connectivity index (χ1) is 14.1. The summed E-state index contributed by atoms with van der Waals surface area (Å²) in [6, 6.07) is 11.0. The van der Waals surface area contributed by atoms with E-state index in [0.29, 0.717) is 37.8 Å². The molecule has 4 N–H and O–H groups in total. The molecule has 0 bridgehead atoms. The maximum atomic E-state index is 12.9. The number of nitrogen functional groups attached to an aromatic ring is 2. The van der Waals surface area contributed by atoms with Gasteiger partial charge in [0.2, 0.25) is 5.91 Å². The molecule has 0 aliphatic heterocycles. The molecule has 0 saturated heterocycles. The molecule has 0 aliphatic rings. The molecule has 7 nitrogen and oxygen atoms in total. The van der Waals surface area contributed by atoms with Crippen LogP contribution in [0.5, 0.6) is 0 Å². The standard InChI is InChI=1S/C21H26FN3O4/c22-6-8-28-10-12-29-11-9-27-7-5-21(26)25-19-3-1-15(23)13-17(19)18-14-16(24)2-4-20(18)25/h1-4,13-14H,5-12,23-24H2. The van der Waals surface area contributed by atoms with Gasteiger partial charge < -0.3 is 25.7 Å². The smallest absolute Gasteiger partial charge is 0.233 e. The first-order valence-corrected chi connectivity index (χ1v) is 9.53. The Labute approximate surface area is 168 Å². The number of carbonyl (C=O) groups is 1. The van der Waals surface area contributed by atoms with Crippen LogP contribution in [0.2, 0.25) is 0 Å². The summed E-state index contributed by atoms with van der Waals surface area (Å²) in [5, 5.41) is 1.79. The third-order valence-corrected chi connectivity index (χ3v) is 4.49. The number of nitrogens with two attached hydrogens (primary N) is 2. The van der Waals surface area contributed by atoms with Crippen molar-refractivity contribution in [3.63, 3.8) is 0 Å². The Morgan fingerprint density at radius 1 is 0.793 bits per heavy atom. The topological polar surface area (TPSA) is 102 Å². The van der Waals surface area contributed by atoms with Crippen LogP contribution in [0.25, 0.3) is 21.8 Å². The summed E-state index contributed by atoms with van der Waals surface area (Å²) >= 11 is 0. The molecule has 0 saturated carbocycles. The number of halogens is 1. The zero-order chi connectivity index (χ0) is 20.6. The van der Waals surface area contributed by atoms with Gasteiger partial charge in [0.15, 0.2) is 0 Å². The van der Waals surface area contributed by atoms with Crippen molar-refractivity contribution < 1.29 is 23.4 Å². The van der Waals surface area contributed by atoms with E-state index in [-0.39, 0.29) is 25.5 Å². The number of rotatable bonds is 11. The monoisotopic (exact) mass is 403 g/mol. The van der Waals surface area contributed by atoms with Gasteiger partial charge in [0, 0.05) is 22.1 Å². The zero-order valence-electron chi connectivity index (χ0n) is 16.2. The molecule has 1 heterocycles. The van der Waals surface area contributed by atoms with E-state index in [2.05, 4.69) is 0 Å². The first-order valence-electron chi connectivity index (χ1n) is 9.53. The molecule has 0 aliphatic carbocycles. The molecule has 2 aromatic carbocycles. The normalized spacial score (nSPS) is 11.5. The second kappa shape index (κ2) is 10.2. The largest absolute Gasteiger partial charge is 0.399 e. The maximum Gasteiger partial charge on any atom is 0.233 e. The Balaban J connectivity index is 1.57. The molecular weight excluding hydrogens is 377 g/mol. The highest BCUT2D eigenvalue weighted by atomic mass is 19.1. The van der Waals surface area contributed by atoms with Crippen LogP contribution < -0.4 is 11.5 Å². The van der Waals surface area contributed by atoms with Crippen molar-refractivity contribution in [2.24, 2.45) is 0 Å². The van der Waals surface area contributed by atoms with Crippen molar-refractivity contribution in [2.45, 2.75) is 6.42 Å². The lowest BCUT2D eigenvalue weighted by Crippen LogP contribution is -2.15. The van der Waals surface area contributed by atoms with Crippen LogP contribution in [-0.4, -0.2) is 56.8 Å². The third-order valence-electron chi connectivity index (χ3n) is 4.49. The fourth-order valence-corrected chi connectivity index (χ4v) is 3.19. The van der Waals surface area contributed by atoms with Crippen LogP contribution in [0.3, 0.4) is 0 Å². The van der Waals surface area contributed by atoms with E-state index in [4.69, 9.17) is 25.7 Å². The fraction of sp³-hybridized carbons (Fsp3) is 0.381. The lowest BCUT2D eigenvalue weighted by molar-refractivity contribution is 0.0119. The number of alkyl halides is 1. The van der Waals surface area contributed by atoms with Gasteiger partial charge in [0.25, 0.3) is 0 Å². The molecule has 0 spiro atoms. The number of ether oxygens (including phenoxy) is 3. The van der Waals surface area contributed by atoms with E-state index in [1.165, 1.54) is 0 Å². The minimum Gasteiger partial charge on any atom is -0.399 e. The Morgan fingerprint density at radius 3 is 1.79 bits per heavy atom. The van der Waals surface area contributed by atoms with Gasteiger partial charge in [0.05, 0.1) is 57.1 Å². The highest BCUT2D eigenvalue weighted by molar-refractivity contribution is 6.14. The van der Waals surface area contributed by atoms with Crippen LogP contribution in [0.15, 0.2) is 36.4 Å². The predicted octanol–water partition coefficient (Wildman–Crippen LogP) is 3.01. The van der Waals surface area contributed by atoms with Crippen molar-refractivity contribution in [3.8, 4) is 0 Å². The number of fused-ring (bicyclic) bond motifs is 3. The predicted molar refractivity (Wildman–Crippen MR) is 112 cm³/mol. The quantitative estimate of drug-likeness (QED) is 0.377. The molecule has 8 heteroatoms. The Hall–Kier alpha value is -2.68. The number of carbonyl (C=O) groups excluding carboxylic acids is 1. The van der Waals surface area contributed by atoms with Gasteiger partial charge in [0.1, 0.15) is 6.67 Å². The van der Waals surface area contributed by atoms with Gasteiger partial charge in [-0.3, -0.25) is 9.36 Å². The second-order valence-corrected chi connectivity index (χ2v) is 6.56. The summed E-state index contributed by atoms with van der Waals surface area (Å²) < 4.78 is 29.3. The number of hydrogen-bond donors (Lipinski definition) is 2. The minimum absolute atomic E-state index is 0.0694. The lowest BCUT2D eigenvalue weighted by Gasteiger charge is -2.08. The minimum atomic E-state index is -0.496. The Morgan fingerprint density at radius 2 is 1.28 bits per heavy atom. The number of anilines is 2. The zero-order valence-corrected chi connectivity index (χ0v) is 16.2. The summed E-state index contributed by atoms with van der Waals surface area (Å²) in [5.74, 6) is -0.0694. The Bertz CT molecular complexity index is 914. The van der Waals surface area contributed by atoms with Gasteiger partial charge in [-0.15, -0.1) is 0 Å². The molecule has 156 valence electrons. The second-order valence-electron chi connectivity index (χ2n) is 6.56. The average molecular weight is 403 g/mol. The van der Waals surface area contributed by atoms with Crippen molar-refractivity contribution in [2.75, 3.05) is 57.8 Å². The highest BCUT2D eigenvalue weighted by Crippen LogP contribution is 2.32. The summed E-state index contributed by atoms with van der Waals surface area (Å²) in [6.07, 6.45) is 0.229. The van der Waals surface area contributed by atoms with Crippen molar-refractivity contribution in [3.05, 3.63) is 36.4 Å². The van der Waals surface area contributed by atoms with E-state index in [1.807, 2.05) is 24.3 Å². The number of nitrogens with zero attached hydrogens (tertiary/aromatic N) is 1. The van der Waals surface area contributed by atoms with E-state index < -0.39 is 6.67 Å². The average Bonchev–Trinajstić information content (AvgIpc) is 3.02. The lowest BCUT2D eigenvalue weighted by atomic mass is 10.1. The van der Waals surface area contributed by atoms with Crippen LogP contribution in [0, 0.1) is 0 Å². The molecular formula is C21H26FN3O4. The highest BCUT2D eigenvalue weighted by Gasteiger charge is 2.16. The van der Waals surface area contributed by atoms with Gasteiger partial charge in [-0.05, 0) is 36.4 Å². The number of aromatic nitrogens is 1. The summed E-state index contributed by atoms with van der Waals surface area (Å²) in [4.78, 5) is 12.9. The molecule has 0 amide bonds. The van der Waals surface area contributed by atoms with Gasteiger partial charge in [-0.25, -0.2) is 4.39 Å².